The lowest BCUT2D eigenvalue weighted by Crippen LogP contribution is -2.04. The highest BCUT2D eigenvalue weighted by Gasteiger charge is 2.23. The maximum atomic E-state index is 12.6. The molecular formula is C9H17FO. The summed E-state index contributed by atoms with van der Waals surface area (Å²) < 4.78 is 17.8. The van der Waals surface area contributed by atoms with Crippen LogP contribution >= 0.6 is 0 Å². The number of hydrogen-bond donors (Lipinski definition) is 0. The molecule has 0 aromatic carbocycles. The quantitative estimate of drug-likeness (QED) is 0.574. The van der Waals surface area contributed by atoms with E-state index in [2.05, 4.69) is 6.92 Å². The fourth-order valence-electron chi connectivity index (χ4n) is 1.49. The standard InChI is InChI=1S/C9H17FO/c1-2-3-4-5-9-6-8(10)7-11-9/h8-9H,2-7H2,1H3/t8-,9-/m1/s1. The molecule has 1 fully saturated rings. The summed E-state index contributed by atoms with van der Waals surface area (Å²) in [6.45, 7) is 2.50. The molecule has 1 aliphatic rings. The van der Waals surface area contributed by atoms with Crippen molar-refractivity contribution in [2.24, 2.45) is 0 Å². The summed E-state index contributed by atoms with van der Waals surface area (Å²) in [6, 6.07) is 0. The first-order valence-electron chi connectivity index (χ1n) is 4.58. The third-order valence-electron chi connectivity index (χ3n) is 2.16. The number of halogens is 1. The molecule has 0 unspecified atom stereocenters. The number of alkyl halides is 1. The molecule has 0 aromatic rings. The molecule has 1 saturated heterocycles. The Morgan fingerprint density at radius 3 is 2.82 bits per heavy atom. The highest BCUT2D eigenvalue weighted by Crippen LogP contribution is 2.20. The minimum absolute atomic E-state index is 0.219. The second kappa shape index (κ2) is 4.70. The molecule has 0 N–H and O–H groups in total. The molecule has 0 aliphatic carbocycles. The van der Waals surface area contributed by atoms with E-state index in [0.717, 1.165) is 6.42 Å². The van der Waals surface area contributed by atoms with Gasteiger partial charge in [-0.05, 0) is 6.42 Å². The Kier molecular flexibility index (Phi) is 3.84. The summed E-state index contributed by atoms with van der Waals surface area (Å²) >= 11 is 0. The van der Waals surface area contributed by atoms with Crippen LogP contribution in [0.25, 0.3) is 0 Å². The number of ether oxygens (including phenoxy) is 1. The normalized spacial score (nSPS) is 31.1. The summed E-state index contributed by atoms with van der Waals surface area (Å²) in [5.41, 5.74) is 0. The zero-order valence-electron chi connectivity index (χ0n) is 7.18. The van der Waals surface area contributed by atoms with E-state index in [1.165, 1.54) is 19.3 Å². The minimum Gasteiger partial charge on any atom is -0.375 e. The summed E-state index contributed by atoms with van der Waals surface area (Å²) in [5.74, 6) is 0. The molecule has 2 atom stereocenters. The zero-order chi connectivity index (χ0) is 8.10. The van der Waals surface area contributed by atoms with Gasteiger partial charge in [-0.25, -0.2) is 4.39 Å². The fraction of sp³-hybridized carbons (Fsp3) is 1.00. The summed E-state index contributed by atoms with van der Waals surface area (Å²) in [5, 5.41) is 0. The van der Waals surface area contributed by atoms with Crippen LogP contribution in [0, 0.1) is 0 Å². The highest BCUT2D eigenvalue weighted by molar-refractivity contribution is 4.72. The predicted octanol–water partition coefficient (Wildman–Crippen LogP) is 2.69. The first-order valence-corrected chi connectivity index (χ1v) is 4.58. The topological polar surface area (TPSA) is 9.23 Å². The summed E-state index contributed by atoms with van der Waals surface area (Å²) in [4.78, 5) is 0. The molecule has 0 radical (unpaired) electrons. The van der Waals surface area contributed by atoms with Crippen molar-refractivity contribution >= 4 is 0 Å². The van der Waals surface area contributed by atoms with Crippen molar-refractivity contribution in [1.29, 1.82) is 0 Å². The summed E-state index contributed by atoms with van der Waals surface area (Å²) in [7, 11) is 0. The van der Waals surface area contributed by atoms with E-state index in [4.69, 9.17) is 4.74 Å². The van der Waals surface area contributed by atoms with Gasteiger partial charge in [-0.1, -0.05) is 26.2 Å². The molecule has 66 valence electrons. The van der Waals surface area contributed by atoms with E-state index < -0.39 is 6.17 Å². The van der Waals surface area contributed by atoms with Crippen LogP contribution in [0.5, 0.6) is 0 Å². The van der Waals surface area contributed by atoms with Crippen LogP contribution in [0.4, 0.5) is 4.39 Å². The third-order valence-corrected chi connectivity index (χ3v) is 2.16. The molecule has 1 aliphatic heterocycles. The lowest BCUT2D eigenvalue weighted by Gasteiger charge is -2.06. The number of unbranched alkanes of at least 4 members (excludes halogenated alkanes) is 2. The first-order chi connectivity index (χ1) is 5.33. The molecular weight excluding hydrogens is 143 g/mol. The molecule has 0 amide bonds. The van der Waals surface area contributed by atoms with Crippen molar-refractivity contribution in [1.82, 2.24) is 0 Å². The van der Waals surface area contributed by atoms with Crippen molar-refractivity contribution < 1.29 is 9.13 Å². The minimum atomic E-state index is -0.693. The van der Waals surface area contributed by atoms with Gasteiger partial charge in [-0.2, -0.15) is 0 Å². The van der Waals surface area contributed by atoms with E-state index in [0.29, 0.717) is 13.0 Å². The maximum Gasteiger partial charge on any atom is 0.126 e. The second-order valence-electron chi connectivity index (χ2n) is 3.28. The number of rotatable bonds is 4. The Morgan fingerprint density at radius 1 is 1.45 bits per heavy atom. The van der Waals surface area contributed by atoms with Gasteiger partial charge in [-0.15, -0.1) is 0 Å². The van der Waals surface area contributed by atoms with Gasteiger partial charge in [0, 0.05) is 6.42 Å². The van der Waals surface area contributed by atoms with E-state index in [-0.39, 0.29) is 6.10 Å². The zero-order valence-corrected chi connectivity index (χ0v) is 7.18. The Hall–Kier alpha value is -0.110. The van der Waals surface area contributed by atoms with Gasteiger partial charge in [0.25, 0.3) is 0 Å². The Labute approximate surface area is 67.9 Å². The Balaban J connectivity index is 1.99. The van der Waals surface area contributed by atoms with Crippen molar-refractivity contribution in [3.63, 3.8) is 0 Å². The van der Waals surface area contributed by atoms with Crippen LogP contribution in [-0.4, -0.2) is 18.9 Å². The smallest absolute Gasteiger partial charge is 0.126 e. The van der Waals surface area contributed by atoms with Crippen LogP contribution in [-0.2, 0) is 4.74 Å². The maximum absolute atomic E-state index is 12.6. The molecule has 11 heavy (non-hydrogen) atoms. The first kappa shape index (κ1) is 8.98. The molecule has 0 bridgehead atoms. The van der Waals surface area contributed by atoms with Gasteiger partial charge < -0.3 is 4.74 Å². The van der Waals surface area contributed by atoms with Crippen molar-refractivity contribution in [2.75, 3.05) is 6.61 Å². The lowest BCUT2D eigenvalue weighted by molar-refractivity contribution is 0.0951. The van der Waals surface area contributed by atoms with E-state index in [1.807, 2.05) is 0 Å². The van der Waals surface area contributed by atoms with Gasteiger partial charge in [0.05, 0.1) is 12.7 Å². The van der Waals surface area contributed by atoms with E-state index in [1.54, 1.807) is 0 Å². The van der Waals surface area contributed by atoms with Crippen molar-refractivity contribution in [3.8, 4) is 0 Å². The van der Waals surface area contributed by atoms with E-state index in [9.17, 15) is 4.39 Å². The largest absolute Gasteiger partial charge is 0.375 e. The molecule has 2 heteroatoms. The lowest BCUT2D eigenvalue weighted by atomic mass is 10.1. The van der Waals surface area contributed by atoms with Crippen LogP contribution < -0.4 is 0 Å². The van der Waals surface area contributed by atoms with Crippen LogP contribution in [0.1, 0.15) is 39.0 Å². The SMILES string of the molecule is CCCCC[C@@H]1C[C@@H](F)CO1. The Bertz CT molecular complexity index is 106. The second-order valence-corrected chi connectivity index (χ2v) is 3.28. The molecule has 1 nitrogen and oxygen atoms in total. The summed E-state index contributed by atoms with van der Waals surface area (Å²) in [6.07, 6.45) is 4.87. The third kappa shape index (κ3) is 3.19. The van der Waals surface area contributed by atoms with Crippen molar-refractivity contribution in [2.45, 2.75) is 51.3 Å². The van der Waals surface area contributed by atoms with Gasteiger partial charge in [0.1, 0.15) is 6.17 Å². The molecule has 1 rings (SSSR count). The average Bonchev–Trinajstić information content (AvgIpc) is 2.37. The molecule has 1 heterocycles. The van der Waals surface area contributed by atoms with E-state index >= 15 is 0 Å². The molecule has 0 aromatic heterocycles. The average molecular weight is 160 g/mol. The van der Waals surface area contributed by atoms with Gasteiger partial charge in [0.15, 0.2) is 0 Å². The molecule has 0 saturated carbocycles. The number of hydrogen-bond acceptors (Lipinski definition) is 1. The van der Waals surface area contributed by atoms with Crippen LogP contribution in [0.2, 0.25) is 0 Å². The van der Waals surface area contributed by atoms with Gasteiger partial charge >= 0.3 is 0 Å². The van der Waals surface area contributed by atoms with Crippen LogP contribution in [0.15, 0.2) is 0 Å². The van der Waals surface area contributed by atoms with Crippen LogP contribution in [0.3, 0.4) is 0 Å². The highest BCUT2D eigenvalue weighted by atomic mass is 19.1. The van der Waals surface area contributed by atoms with Gasteiger partial charge in [-0.3, -0.25) is 0 Å². The Morgan fingerprint density at radius 2 is 2.27 bits per heavy atom. The fourth-order valence-corrected chi connectivity index (χ4v) is 1.49. The van der Waals surface area contributed by atoms with Gasteiger partial charge in [0.2, 0.25) is 0 Å². The predicted molar refractivity (Wildman–Crippen MR) is 43.4 cm³/mol. The van der Waals surface area contributed by atoms with Crippen molar-refractivity contribution in [3.05, 3.63) is 0 Å². The monoisotopic (exact) mass is 160 g/mol. The molecule has 0 spiro atoms.